The monoisotopic (exact) mass is 368 g/mol. The van der Waals surface area contributed by atoms with Gasteiger partial charge >= 0.3 is 0 Å². The van der Waals surface area contributed by atoms with Crippen LogP contribution in [0, 0.1) is 6.92 Å². The Kier molecular flexibility index (Phi) is 4.72. The highest BCUT2D eigenvalue weighted by Crippen LogP contribution is 2.22. The maximum absolute atomic E-state index is 12.6. The van der Waals surface area contributed by atoms with Gasteiger partial charge in [-0.05, 0) is 36.2 Å². The lowest BCUT2D eigenvalue weighted by molar-refractivity contribution is 0.0949. The number of H-pyrrole nitrogens is 1. The highest BCUT2D eigenvalue weighted by Gasteiger charge is 2.16. The average Bonchev–Trinajstić information content (AvgIpc) is 3.13. The van der Waals surface area contributed by atoms with Crippen LogP contribution >= 0.6 is 0 Å². The number of amides is 1. The van der Waals surface area contributed by atoms with Crippen molar-refractivity contribution >= 4 is 22.4 Å². The normalized spacial score (nSPS) is 11.6. The van der Waals surface area contributed by atoms with Gasteiger partial charge in [0.25, 0.3) is 5.91 Å². The third-order valence-corrected chi connectivity index (χ3v) is 4.78. The van der Waals surface area contributed by atoms with Crippen LogP contribution in [0.5, 0.6) is 0 Å². The van der Waals surface area contributed by atoms with Gasteiger partial charge < -0.3 is 0 Å². The lowest BCUT2D eigenvalue weighted by Gasteiger charge is -2.05. The van der Waals surface area contributed by atoms with Crippen LogP contribution in [0.15, 0.2) is 77.9 Å². The van der Waals surface area contributed by atoms with E-state index in [-0.39, 0.29) is 5.91 Å². The zero-order valence-corrected chi connectivity index (χ0v) is 15.7. The number of aromatic nitrogens is 2. The summed E-state index contributed by atoms with van der Waals surface area (Å²) in [4.78, 5) is 12.6. The molecular formula is C23H20N4O. The van der Waals surface area contributed by atoms with Crippen LogP contribution < -0.4 is 5.43 Å². The van der Waals surface area contributed by atoms with E-state index in [0.717, 1.165) is 33.5 Å². The van der Waals surface area contributed by atoms with E-state index in [2.05, 4.69) is 45.0 Å². The van der Waals surface area contributed by atoms with Gasteiger partial charge in [0.2, 0.25) is 0 Å². The fourth-order valence-corrected chi connectivity index (χ4v) is 3.17. The van der Waals surface area contributed by atoms with Crippen LogP contribution in [0.3, 0.4) is 0 Å². The molecule has 0 radical (unpaired) electrons. The number of hydrogen-bond donors (Lipinski definition) is 2. The standard InChI is InChI=1S/C23H20N4O/c1-15-21(18-9-4-3-5-10-18)25-26-22(15)23(28)27-24-16(2)19-13-12-17-8-6-7-11-20(17)14-19/h3-14H,1-2H3,(H,25,26)(H,27,28)/b24-16+. The van der Waals surface area contributed by atoms with Gasteiger partial charge in [0.1, 0.15) is 5.69 Å². The van der Waals surface area contributed by atoms with Crippen LogP contribution in [0.1, 0.15) is 28.5 Å². The van der Waals surface area contributed by atoms with E-state index in [1.807, 2.05) is 62.4 Å². The Hall–Kier alpha value is -3.73. The number of fused-ring (bicyclic) bond motifs is 1. The Bertz CT molecular complexity index is 1180. The summed E-state index contributed by atoms with van der Waals surface area (Å²) in [6.07, 6.45) is 0. The van der Waals surface area contributed by atoms with Crippen molar-refractivity contribution in [2.24, 2.45) is 5.10 Å². The molecule has 0 saturated carbocycles. The summed E-state index contributed by atoms with van der Waals surface area (Å²) >= 11 is 0. The number of nitrogens with zero attached hydrogens (tertiary/aromatic N) is 2. The number of hydrazone groups is 1. The van der Waals surface area contributed by atoms with E-state index < -0.39 is 0 Å². The van der Waals surface area contributed by atoms with Crippen LogP contribution in [0.2, 0.25) is 0 Å². The second kappa shape index (κ2) is 7.48. The predicted molar refractivity (Wildman–Crippen MR) is 112 cm³/mol. The molecule has 0 unspecified atom stereocenters. The zero-order chi connectivity index (χ0) is 19.5. The third kappa shape index (κ3) is 3.42. The quantitative estimate of drug-likeness (QED) is 0.405. The fraction of sp³-hybridized carbons (Fsp3) is 0.0870. The van der Waals surface area contributed by atoms with E-state index in [4.69, 9.17) is 0 Å². The molecule has 1 heterocycles. The molecule has 1 amide bonds. The summed E-state index contributed by atoms with van der Waals surface area (Å²) in [6, 6.07) is 24.0. The molecule has 0 aliphatic rings. The predicted octanol–water partition coefficient (Wildman–Crippen LogP) is 4.69. The summed E-state index contributed by atoms with van der Waals surface area (Å²) in [5.41, 5.74) is 7.26. The van der Waals surface area contributed by atoms with E-state index in [1.165, 1.54) is 5.39 Å². The van der Waals surface area contributed by atoms with Gasteiger partial charge in [0.15, 0.2) is 0 Å². The largest absolute Gasteiger partial charge is 0.289 e. The van der Waals surface area contributed by atoms with Crippen molar-refractivity contribution < 1.29 is 4.79 Å². The first kappa shape index (κ1) is 17.7. The van der Waals surface area contributed by atoms with Crippen molar-refractivity contribution in [2.75, 3.05) is 0 Å². The summed E-state index contributed by atoms with van der Waals surface area (Å²) in [5.74, 6) is -0.313. The van der Waals surface area contributed by atoms with E-state index >= 15 is 0 Å². The number of aromatic amines is 1. The van der Waals surface area contributed by atoms with E-state index in [9.17, 15) is 4.79 Å². The molecule has 5 nitrogen and oxygen atoms in total. The number of nitrogens with one attached hydrogen (secondary N) is 2. The van der Waals surface area contributed by atoms with E-state index in [1.54, 1.807) is 0 Å². The Morgan fingerprint density at radius 3 is 2.46 bits per heavy atom. The lowest BCUT2D eigenvalue weighted by atomic mass is 10.0. The van der Waals surface area contributed by atoms with Gasteiger partial charge in [-0.25, -0.2) is 5.43 Å². The maximum atomic E-state index is 12.6. The van der Waals surface area contributed by atoms with Crippen LogP contribution in [-0.2, 0) is 0 Å². The first-order valence-corrected chi connectivity index (χ1v) is 9.07. The Morgan fingerprint density at radius 2 is 1.68 bits per heavy atom. The van der Waals surface area contributed by atoms with Gasteiger partial charge in [-0.2, -0.15) is 10.2 Å². The molecule has 28 heavy (non-hydrogen) atoms. The molecule has 1 aromatic heterocycles. The summed E-state index contributed by atoms with van der Waals surface area (Å²) in [7, 11) is 0. The van der Waals surface area contributed by atoms with Crippen molar-refractivity contribution in [1.29, 1.82) is 0 Å². The van der Waals surface area contributed by atoms with Crippen molar-refractivity contribution in [3.8, 4) is 11.3 Å². The van der Waals surface area contributed by atoms with Crippen molar-refractivity contribution in [1.82, 2.24) is 15.6 Å². The minimum Gasteiger partial charge on any atom is -0.272 e. The van der Waals surface area contributed by atoms with Gasteiger partial charge in [0.05, 0.1) is 11.4 Å². The molecule has 0 spiro atoms. The number of carbonyl (C=O) groups excluding carboxylic acids is 1. The fourth-order valence-electron chi connectivity index (χ4n) is 3.17. The van der Waals surface area contributed by atoms with Crippen molar-refractivity contribution in [2.45, 2.75) is 13.8 Å². The van der Waals surface area contributed by atoms with Crippen molar-refractivity contribution in [3.63, 3.8) is 0 Å². The van der Waals surface area contributed by atoms with Crippen molar-refractivity contribution in [3.05, 3.63) is 89.6 Å². The molecule has 0 bridgehead atoms. The molecular weight excluding hydrogens is 348 g/mol. The molecule has 0 atom stereocenters. The molecule has 0 aliphatic heterocycles. The molecule has 2 N–H and O–H groups in total. The molecule has 5 heteroatoms. The second-order valence-corrected chi connectivity index (χ2v) is 6.64. The topological polar surface area (TPSA) is 70.1 Å². The average molecular weight is 368 g/mol. The molecule has 3 aromatic carbocycles. The zero-order valence-electron chi connectivity index (χ0n) is 15.7. The first-order valence-electron chi connectivity index (χ1n) is 9.07. The Morgan fingerprint density at radius 1 is 0.964 bits per heavy atom. The lowest BCUT2D eigenvalue weighted by Crippen LogP contribution is -2.20. The Balaban J connectivity index is 1.54. The molecule has 4 rings (SSSR count). The number of carbonyl (C=O) groups is 1. The maximum Gasteiger partial charge on any atom is 0.289 e. The minimum absolute atomic E-state index is 0.313. The number of benzene rings is 3. The van der Waals surface area contributed by atoms with E-state index in [0.29, 0.717) is 5.69 Å². The number of rotatable bonds is 4. The van der Waals surface area contributed by atoms with Gasteiger partial charge in [-0.15, -0.1) is 0 Å². The highest BCUT2D eigenvalue weighted by molar-refractivity contribution is 6.03. The molecule has 138 valence electrons. The van der Waals surface area contributed by atoms with Gasteiger partial charge in [0, 0.05) is 11.1 Å². The second-order valence-electron chi connectivity index (χ2n) is 6.64. The van der Waals surface area contributed by atoms with Gasteiger partial charge in [-0.1, -0.05) is 66.7 Å². The Labute approximate surface area is 163 Å². The SMILES string of the molecule is C/C(=N\NC(=O)c1[nH]nc(-c2ccccc2)c1C)c1ccc2ccccc2c1. The molecule has 4 aromatic rings. The summed E-state index contributed by atoms with van der Waals surface area (Å²) in [5, 5.41) is 13.7. The highest BCUT2D eigenvalue weighted by atomic mass is 16.2. The van der Waals surface area contributed by atoms with Crippen LogP contribution in [-0.4, -0.2) is 21.8 Å². The summed E-state index contributed by atoms with van der Waals surface area (Å²) < 4.78 is 0. The molecule has 0 aliphatic carbocycles. The third-order valence-electron chi connectivity index (χ3n) is 4.78. The summed E-state index contributed by atoms with van der Waals surface area (Å²) in [6.45, 7) is 3.75. The van der Waals surface area contributed by atoms with Crippen LogP contribution in [0.4, 0.5) is 0 Å². The number of hydrogen-bond acceptors (Lipinski definition) is 3. The first-order chi connectivity index (χ1) is 13.6. The molecule has 0 saturated heterocycles. The van der Waals surface area contributed by atoms with Gasteiger partial charge in [-0.3, -0.25) is 9.89 Å². The molecule has 0 fully saturated rings. The minimum atomic E-state index is -0.313. The smallest absolute Gasteiger partial charge is 0.272 e. The van der Waals surface area contributed by atoms with Crippen LogP contribution in [0.25, 0.3) is 22.0 Å².